The van der Waals surface area contributed by atoms with Gasteiger partial charge in [0.25, 0.3) is 0 Å². The highest BCUT2D eigenvalue weighted by molar-refractivity contribution is 5.82. The van der Waals surface area contributed by atoms with E-state index in [1.165, 1.54) is 44.5 Å². The lowest BCUT2D eigenvalue weighted by molar-refractivity contribution is 1.32. The molecule has 8 rings (SSSR count). The Morgan fingerprint density at radius 1 is 0.188 bits per heavy atom. The highest BCUT2D eigenvalue weighted by atomic mass is 14.7. The van der Waals surface area contributed by atoms with Gasteiger partial charge in [0, 0.05) is 11.1 Å². The van der Waals surface area contributed by atoms with Crippen LogP contribution in [0.5, 0.6) is 0 Å². The van der Waals surface area contributed by atoms with Crippen molar-refractivity contribution in [2.75, 3.05) is 0 Å². The summed E-state index contributed by atoms with van der Waals surface area (Å²) in [6.45, 7) is 0. The van der Waals surface area contributed by atoms with E-state index in [-0.39, 0.29) is 0 Å². The second-order valence-corrected chi connectivity index (χ2v) is 12.0. The number of rotatable bonds is 7. The summed E-state index contributed by atoms with van der Waals surface area (Å²) < 4.78 is 0. The van der Waals surface area contributed by atoms with Crippen LogP contribution in [-0.2, 0) is 0 Å². The maximum atomic E-state index is 5.07. The summed E-state index contributed by atoms with van der Waals surface area (Å²) in [4.78, 5) is 5.07. The van der Waals surface area contributed by atoms with E-state index in [9.17, 15) is 0 Å². The zero-order valence-corrected chi connectivity index (χ0v) is 26.5. The third-order valence-corrected chi connectivity index (χ3v) is 8.88. The maximum absolute atomic E-state index is 5.07. The van der Waals surface area contributed by atoms with Crippen LogP contribution in [0.1, 0.15) is 0 Å². The van der Waals surface area contributed by atoms with Crippen LogP contribution in [0.15, 0.2) is 200 Å². The van der Waals surface area contributed by atoms with Gasteiger partial charge < -0.3 is 0 Å². The van der Waals surface area contributed by atoms with Crippen LogP contribution >= 0.6 is 0 Å². The topological polar surface area (TPSA) is 12.9 Å². The lowest BCUT2D eigenvalue weighted by Gasteiger charge is -2.12. The minimum absolute atomic E-state index is 0.967. The second kappa shape index (κ2) is 13.2. The quantitative estimate of drug-likeness (QED) is 0.175. The molecule has 0 saturated carbocycles. The molecular formula is C47H33N. The smallest absolute Gasteiger partial charge is 0.0715 e. The standard InChI is InChI=1S/C47H33N/c1-4-13-34(14-5-1)35-25-27-36(28-26-35)39-19-10-20-40(29-39)41-21-11-22-42(30-41)43-23-12-24-44(31-43)45-32-46(37-15-6-2-7-16-37)48-47(33-45)38-17-8-3-9-18-38/h1-33H. The monoisotopic (exact) mass is 611 g/mol. The van der Waals surface area contributed by atoms with Gasteiger partial charge >= 0.3 is 0 Å². The van der Waals surface area contributed by atoms with Crippen LogP contribution in [0, 0.1) is 0 Å². The van der Waals surface area contributed by atoms with Gasteiger partial charge in [-0.05, 0) is 86.0 Å². The number of nitrogens with zero attached hydrogens (tertiary/aromatic N) is 1. The van der Waals surface area contributed by atoms with E-state index >= 15 is 0 Å². The molecule has 0 saturated heterocycles. The first-order valence-corrected chi connectivity index (χ1v) is 16.4. The first kappa shape index (κ1) is 29.1. The van der Waals surface area contributed by atoms with Gasteiger partial charge in [0.05, 0.1) is 11.4 Å². The number of hydrogen-bond acceptors (Lipinski definition) is 1. The number of aromatic nitrogens is 1. The van der Waals surface area contributed by atoms with Gasteiger partial charge in [-0.2, -0.15) is 0 Å². The summed E-state index contributed by atoms with van der Waals surface area (Å²) in [5.74, 6) is 0. The van der Waals surface area contributed by atoms with Crippen molar-refractivity contribution in [2.24, 2.45) is 0 Å². The Morgan fingerprint density at radius 3 is 0.854 bits per heavy atom. The van der Waals surface area contributed by atoms with Crippen LogP contribution < -0.4 is 0 Å². The molecule has 226 valence electrons. The van der Waals surface area contributed by atoms with Gasteiger partial charge in [0.2, 0.25) is 0 Å². The Kier molecular flexibility index (Phi) is 8.01. The molecule has 1 heterocycles. The molecule has 0 aliphatic rings. The van der Waals surface area contributed by atoms with Crippen LogP contribution in [0.25, 0.3) is 78.1 Å². The molecular weight excluding hydrogens is 579 g/mol. The molecule has 48 heavy (non-hydrogen) atoms. The Hall–Kier alpha value is -6.31. The maximum Gasteiger partial charge on any atom is 0.0715 e. The Labute approximate surface area is 282 Å². The van der Waals surface area contributed by atoms with Gasteiger partial charge in [-0.15, -0.1) is 0 Å². The Morgan fingerprint density at radius 2 is 0.458 bits per heavy atom. The number of pyridine rings is 1. The van der Waals surface area contributed by atoms with Crippen molar-refractivity contribution in [1.82, 2.24) is 4.98 Å². The molecule has 0 N–H and O–H groups in total. The lowest BCUT2D eigenvalue weighted by atomic mass is 9.94. The number of hydrogen-bond donors (Lipinski definition) is 0. The summed E-state index contributed by atoms with van der Waals surface area (Å²) in [6.07, 6.45) is 0. The van der Waals surface area contributed by atoms with Gasteiger partial charge in [0.15, 0.2) is 0 Å². The fourth-order valence-corrected chi connectivity index (χ4v) is 6.33. The van der Waals surface area contributed by atoms with Crippen LogP contribution in [-0.4, -0.2) is 4.98 Å². The van der Waals surface area contributed by atoms with Crippen molar-refractivity contribution in [3.8, 4) is 78.1 Å². The molecule has 0 radical (unpaired) electrons. The van der Waals surface area contributed by atoms with Gasteiger partial charge in [0.1, 0.15) is 0 Å². The van der Waals surface area contributed by atoms with Crippen molar-refractivity contribution in [3.63, 3.8) is 0 Å². The highest BCUT2D eigenvalue weighted by Gasteiger charge is 2.11. The lowest BCUT2D eigenvalue weighted by Crippen LogP contribution is -1.91. The van der Waals surface area contributed by atoms with E-state index in [0.717, 1.165) is 33.6 Å². The van der Waals surface area contributed by atoms with E-state index in [4.69, 9.17) is 4.98 Å². The molecule has 0 aliphatic heterocycles. The van der Waals surface area contributed by atoms with E-state index in [1.807, 2.05) is 12.1 Å². The van der Waals surface area contributed by atoms with Gasteiger partial charge in [-0.3, -0.25) is 0 Å². The highest BCUT2D eigenvalue weighted by Crippen LogP contribution is 2.34. The molecule has 0 spiro atoms. The third-order valence-electron chi connectivity index (χ3n) is 8.88. The van der Waals surface area contributed by atoms with E-state index < -0.39 is 0 Å². The van der Waals surface area contributed by atoms with Crippen molar-refractivity contribution >= 4 is 0 Å². The van der Waals surface area contributed by atoms with E-state index in [2.05, 4.69) is 188 Å². The molecule has 1 heteroatoms. The molecule has 1 nitrogen and oxygen atoms in total. The third kappa shape index (κ3) is 6.23. The van der Waals surface area contributed by atoms with Gasteiger partial charge in [-0.25, -0.2) is 4.98 Å². The van der Waals surface area contributed by atoms with E-state index in [0.29, 0.717) is 0 Å². The first-order valence-electron chi connectivity index (χ1n) is 16.4. The SMILES string of the molecule is c1ccc(-c2ccc(-c3cccc(-c4cccc(-c5cccc(-c6cc(-c7ccccc7)nc(-c7ccccc7)c6)c5)c4)c3)cc2)cc1. The predicted molar refractivity (Wildman–Crippen MR) is 202 cm³/mol. The minimum Gasteiger partial charge on any atom is -0.248 e. The molecule has 8 aromatic rings. The Balaban J connectivity index is 1.12. The summed E-state index contributed by atoms with van der Waals surface area (Å²) in [5, 5.41) is 0. The van der Waals surface area contributed by atoms with E-state index in [1.54, 1.807) is 0 Å². The first-order chi connectivity index (χ1) is 23.8. The average Bonchev–Trinajstić information content (AvgIpc) is 3.19. The average molecular weight is 612 g/mol. The molecule has 0 amide bonds. The Bertz CT molecular complexity index is 2250. The van der Waals surface area contributed by atoms with Crippen LogP contribution in [0.2, 0.25) is 0 Å². The van der Waals surface area contributed by atoms with Crippen molar-refractivity contribution in [2.45, 2.75) is 0 Å². The molecule has 0 aliphatic carbocycles. The van der Waals surface area contributed by atoms with Crippen LogP contribution in [0.3, 0.4) is 0 Å². The largest absolute Gasteiger partial charge is 0.248 e. The molecule has 0 bridgehead atoms. The second-order valence-electron chi connectivity index (χ2n) is 12.0. The molecule has 0 unspecified atom stereocenters. The van der Waals surface area contributed by atoms with Crippen molar-refractivity contribution < 1.29 is 0 Å². The summed E-state index contributed by atoms with van der Waals surface area (Å²) >= 11 is 0. The molecule has 0 fully saturated rings. The van der Waals surface area contributed by atoms with Gasteiger partial charge in [-0.1, -0.05) is 170 Å². The molecule has 0 atom stereocenters. The van der Waals surface area contributed by atoms with Crippen LogP contribution in [0.4, 0.5) is 0 Å². The van der Waals surface area contributed by atoms with Crippen molar-refractivity contribution in [3.05, 3.63) is 200 Å². The fraction of sp³-hybridized carbons (Fsp3) is 0. The summed E-state index contributed by atoms with van der Waals surface area (Å²) in [5.41, 5.74) is 16.1. The summed E-state index contributed by atoms with van der Waals surface area (Å²) in [7, 11) is 0. The fourth-order valence-electron chi connectivity index (χ4n) is 6.33. The predicted octanol–water partition coefficient (Wildman–Crippen LogP) is 12.8. The summed E-state index contributed by atoms with van der Waals surface area (Å²) in [6, 6.07) is 71.2. The zero-order valence-electron chi connectivity index (χ0n) is 26.5. The van der Waals surface area contributed by atoms with Crippen molar-refractivity contribution in [1.29, 1.82) is 0 Å². The molecule has 7 aromatic carbocycles. The normalized spacial score (nSPS) is 10.9. The minimum atomic E-state index is 0.967. The zero-order chi connectivity index (χ0) is 32.1. The number of benzene rings is 7. The molecule has 1 aromatic heterocycles.